The highest BCUT2D eigenvalue weighted by Gasteiger charge is 2.20. The Morgan fingerprint density at radius 3 is 2.57 bits per heavy atom. The summed E-state index contributed by atoms with van der Waals surface area (Å²) in [5.41, 5.74) is 2.66. The Hall–Kier alpha value is -2.23. The molecular weight excluding hydrogens is 288 g/mol. The van der Waals surface area contributed by atoms with Gasteiger partial charge in [0.05, 0.1) is 17.9 Å². The lowest BCUT2D eigenvalue weighted by atomic mass is 10.1. The standard InChI is InChI=1S/C19H24N2O2/c1-2-14-23-19(22)17-15-16(20-10-6-7-11-20)8-9-18(17)21-12-4-3-5-13-21/h6-11,15H,2-5,12-14H2,1H3. The van der Waals surface area contributed by atoms with E-state index in [0.717, 1.165) is 30.9 Å². The van der Waals surface area contributed by atoms with Gasteiger partial charge < -0.3 is 14.2 Å². The van der Waals surface area contributed by atoms with E-state index >= 15 is 0 Å². The Balaban J connectivity index is 1.95. The van der Waals surface area contributed by atoms with Gasteiger partial charge in [0.15, 0.2) is 0 Å². The number of benzene rings is 1. The van der Waals surface area contributed by atoms with Crippen LogP contribution in [0.4, 0.5) is 5.69 Å². The van der Waals surface area contributed by atoms with E-state index in [-0.39, 0.29) is 5.97 Å². The Kier molecular flexibility index (Phi) is 5.01. The molecule has 4 nitrogen and oxygen atoms in total. The van der Waals surface area contributed by atoms with Gasteiger partial charge in [-0.15, -0.1) is 0 Å². The van der Waals surface area contributed by atoms with Gasteiger partial charge in [-0.05, 0) is 56.0 Å². The van der Waals surface area contributed by atoms with E-state index in [4.69, 9.17) is 4.74 Å². The van der Waals surface area contributed by atoms with Gasteiger partial charge >= 0.3 is 5.97 Å². The van der Waals surface area contributed by atoms with E-state index in [1.165, 1.54) is 19.3 Å². The Bertz CT molecular complexity index is 643. The van der Waals surface area contributed by atoms with Gasteiger partial charge in [0.1, 0.15) is 0 Å². The zero-order chi connectivity index (χ0) is 16.1. The maximum absolute atomic E-state index is 12.5. The van der Waals surface area contributed by atoms with Crippen LogP contribution in [0.3, 0.4) is 0 Å². The number of aromatic nitrogens is 1. The summed E-state index contributed by atoms with van der Waals surface area (Å²) in [6.45, 7) is 4.49. The van der Waals surface area contributed by atoms with Crippen LogP contribution in [0.1, 0.15) is 43.0 Å². The van der Waals surface area contributed by atoms with Gasteiger partial charge in [-0.1, -0.05) is 6.92 Å². The van der Waals surface area contributed by atoms with Gasteiger partial charge in [-0.25, -0.2) is 4.79 Å². The molecule has 23 heavy (non-hydrogen) atoms. The van der Waals surface area contributed by atoms with Gasteiger partial charge in [0.2, 0.25) is 0 Å². The average Bonchev–Trinajstić information content (AvgIpc) is 3.14. The number of nitrogens with zero attached hydrogens (tertiary/aromatic N) is 2. The fourth-order valence-electron chi connectivity index (χ4n) is 3.04. The van der Waals surface area contributed by atoms with Crippen molar-refractivity contribution in [3.63, 3.8) is 0 Å². The number of esters is 1. The van der Waals surface area contributed by atoms with Crippen molar-refractivity contribution in [3.05, 3.63) is 48.3 Å². The first kappa shape index (κ1) is 15.7. The van der Waals surface area contributed by atoms with Crippen molar-refractivity contribution in [2.75, 3.05) is 24.6 Å². The maximum atomic E-state index is 12.5. The van der Waals surface area contributed by atoms with E-state index in [9.17, 15) is 4.79 Å². The number of piperidine rings is 1. The first-order valence-corrected chi connectivity index (χ1v) is 8.49. The normalized spacial score (nSPS) is 14.7. The molecule has 0 bridgehead atoms. The molecule has 2 heterocycles. The minimum atomic E-state index is -0.221. The quantitative estimate of drug-likeness (QED) is 0.782. The second-order valence-electron chi connectivity index (χ2n) is 5.98. The average molecular weight is 312 g/mol. The lowest BCUT2D eigenvalue weighted by molar-refractivity contribution is 0.0505. The Morgan fingerprint density at radius 1 is 1.13 bits per heavy atom. The molecule has 0 atom stereocenters. The van der Waals surface area contributed by atoms with E-state index < -0.39 is 0 Å². The van der Waals surface area contributed by atoms with Crippen LogP contribution in [-0.2, 0) is 4.74 Å². The van der Waals surface area contributed by atoms with Crippen molar-refractivity contribution in [2.45, 2.75) is 32.6 Å². The number of anilines is 1. The molecule has 0 amide bonds. The summed E-state index contributed by atoms with van der Waals surface area (Å²) in [6.07, 6.45) is 8.44. The van der Waals surface area contributed by atoms with Crippen molar-refractivity contribution < 1.29 is 9.53 Å². The molecule has 1 saturated heterocycles. The van der Waals surface area contributed by atoms with Crippen molar-refractivity contribution in [1.82, 2.24) is 4.57 Å². The highest BCUT2D eigenvalue weighted by molar-refractivity contribution is 5.96. The highest BCUT2D eigenvalue weighted by atomic mass is 16.5. The lowest BCUT2D eigenvalue weighted by Crippen LogP contribution is -2.31. The fraction of sp³-hybridized carbons (Fsp3) is 0.421. The highest BCUT2D eigenvalue weighted by Crippen LogP contribution is 2.27. The number of ether oxygens (including phenoxy) is 1. The van der Waals surface area contributed by atoms with Crippen LogP contribution in [-0.4, -0.2) is 30.2 Å². The third kappa shape index (κ3) is 3.58. The molecule has 3 rings (SSSR count). The third-order valence-corrected chi connectivity index (χ3v) is 4.24. The van der Waals surface area contributed by atoms with Crippen molar-refractivity contribution in [1.29, 1.82) is 0 Å². The summed E-state index contributed by atoms with van der Waals surface area (Å²) in [7, 11) is 0. The van der Waals surface area contributed by atoms with Crippen molar-refractivity contribution in [2.24, 2.45) is 0 Å². The van der Waals surface area contributed by atoms with Crippen LogP contribution < -0.4 is 4.90 Å². The maximum Gasteiger partial charge on any atom is 0.340 e. The van der Waals surface area contributed by atoms with Gasteiger partial charge in [-0.3, -0.25) is 0 Å². The van der Waals surface area contributed by atoms with Crippen LogP contribution >= 0.6 is 0 Å². The molecule has 2 aromatic rings. The molecule has 1 aliphatic rings. The predicted molar refractivity (Wildman–Crippen MR) is 92.4 cm³/mol. The van der Waals surface area contributed by atoms with E-state index in [1.54, 1.807) is 0 Å². The lowest BCUT2D eigenvalue weighted by Gasteiger charge is -2.30. The van der Waals surface area contributed by atoms with E-state index in [0.29, 0.717) is 12.2 Å². The topological polar surface area (TPSA) is 34.5 Å². The van der Waals surface area contributed by atoms with Gasteiger partial charge in [-0.2, -0.15) is 0 Å². The van der Waals surface area contributed by atoms with E-state index in [2.05, 4.69) is 17.0 Å². The molecular formula is C19H24N2O2. The number of hydrogen-bond acceptors (Lipinski definition) is 3. The summed E-state index contributed by atoms with van der Waals surface area (Å²) in [5, 5.41) is 0. The number of carbonyl (C=O) groups is 1. The minimum Gasteiger partial charge on any atom is -0.462 e. The summed E-state index contributed by atoms with van der Waals surface area (Å²) >= 11 is 0. The largest absolute Gasteiger partial charge is 0.462 e. The molecule has 0 N–H and O–H groups in total. The molecule has 1 aliphatic heterocycles. The van der Waals surface area contributed by atoms with E-state index in [1.807, 2.05) is 42.1 Å². The molecule has 0 unspecified atom stereocenters. The summed E-state index contributed by atoms with van der Waals surface area (Å²) in [5.74, 6) is -0.221. The van der Waals surface area contributed by atoms with Crippen LogP contribution in [0.5, 0.6) is 0 Å². The van der Waals surface area contributed by atoms with Crippen LogP contribution in [0, 0.1) is 0 Å². The molecule has 1 fully saturated rings. The zero-order valence-electron chi connectivity index (χ0n) is 13.7. The van der Waals surface area contributed by atoms with Crippen molar-refractivity contribution in [3.8, 4) is 5.69 Å². The molecule has 0 spiro atoms. The Labute approximate surface area is 137 Å². The smallest absolute Gasteiger partial charge is 0.340 e. The van der Waals surface area contributed by atoms with Crippen LogP contribution in [0.25, 0.3) is 5.69 Å². The summed E-state index contributed by atoms with van der Waals surface area (Å²) < 4.78 is 7.42. The molecule has 1 aromatic carbocycles. The third-order valence-electron chi connectivity index (χ3n) is 4.24. The van der Waals surface area contributed by atoms with Crippen LogP contribution in [0.15, 0.2) is 42.7 Å². The zero-order valence-corrected chi connectivity index (χ0v) is 13.7. The molecule has 122 valence electrons. The SMILES string of the molecule is CCCOC(=O)c1cc(-n2cccc2)ccc1N1CCCCC1. The fourth-order valence-corrected chi connectivity index (χ4v) is 3.04. The molecule has 0 saturated carbocycles. The number of carbonyl (C=O) groups excluding carboxylic acids is 1. The number of hydrogen-bond donors (Lipinski definition) is 0. The molecule has 0 aliphatic carbocycles. The van der Waals surface area contributed by atoms with Gasteiger partial charge in [0, 0.05) is 31.2 Å². The second-order valence-corrected chi connectivity index (χ2v) is 5.98. The predicted octanol–water partition coefficient (Wildman–Crippen LogP) is 4.03. The molecule has 4 heteroatoms. The summed E-state index contributed by atoms with van der Waals surface area (Å²) in [6, 6.07) is 10.0. The number of rotatable bonds is 5. The minimum absolute atomic E-state index is 0.221. The summed E-state index contributed by atoms with van der Waals surface area (Å²) in [4.78, 5) is 14.8. The Morgan fingerprint density at radius 2 is 1.87 bits per heavy atom. The monoisotopic (exact) mass is 312 g/mol. The van der Waals surface area contributed by atoms with Crippen molar-refractivity contribution >= 4 is 11.7 Å². The van der Waals surface area contributed by atoms with Crippen LogP contribution in [0.2, 0.25) is 0 Å². The van der Waals surface area contributed by atoms with Gasteiger partial charge in [0.25, 0.3) is 0 Å². The first-order chi connectivity index (χ1) is 11.3. The first-order valence-electron chi connectivity index (χ1n) is 8.49. The molecule has 0 radical (unpaired) electrons. The second kappa shape index (κ2) is 7.36. The molecule has 1 aromatic heterocycles.